The molecule has 1 fully saturated rings. The quantitative estimate of drug-likeness (QED) is 0.264. The van der Waals surface area contributed by atoms with E-state index < -0.39 is 0 Å². The molecular weight excluding hydrogens is 438 g/mol. The summed E-state index contributed by atoms with van der Waals surface area (Å²) in [6.07, 6.45) is 10.3. The molecule has 1 saturated carbocycles. The molecule has 4 aromatic rings. The molecule has 0 saturated heterocycles. The van der Waals surface area contributed by atoms with Gasteiger partial charge in [0.1, 0.15) is 5.58 Å². The zero-order valence-electron chi connectivity index (χ0n) is 22.5. The van der Waals surface area contributed by atoms with Crippen molar-refractivity contribution in [2.24, 2.45) is 11.3 Å². The zero-order valence-corrected chi connectivity index (χ0v) is 22.5. The van der Waals surface area contributed by atoms with E-state index in [4.69, 9.17) is 4.42 Å². The number of para-hydroxylation sites is 1. The number of furan rings is 1. The molecule has 2 nitrogen and oxygen atoms in total. The predicted molar refractivity (Wildman–Crippen MR) is 153 cm³/mol. The highest BCUT2D eigenvalue weighted by molar-refractivity contribution is 6.09. The Hall–Kier alpha value is -3.00. The number of aryl methyl sites for hydroxylation is 1. The Morgan fingerprint density at radius 3 is 2.58 bits per heavy atom. The third-order valence-electron chi connectivity index (χ3n) is 9.76. The molecule has 2 aliphatic rings. The van der Waals surface area contributed by atoms with Crippen molar-refractivity contribution in [2.75, 3.05) is 4.90 Å². The van der Waals surface area contributed by atoms with E-state index in [1.165, 1.54) is 41.3 Å². The number of rotatable bonds is 7. The normalized spacial score (nSPS) is 25.8. The van der Waals surface area contributed by atoms with Crippen LogP contribution < -0.4 is 4.90 Å². The molecule has 0 amide bonds. The van der Waals surface area contributed by atoms with E-state index in [0.717, 1.165) is 24.0 Å². The van der Waals surface area contributed by atoms with Gasteiger partial charge in [-0.2, -0.15) is 0 Å². The molecule has 4 atom stereocenters. The maximum absolute atomic E-state index is 6.63. The lowest BCUT2D eigenvalue weighted by atomic mass is 9.76. The Labute approximate surface area is 216 Å². The van der Waals surface area contributed by atoms with Gasteiger partial charge in [0.25, 0.3) is 0 Å². The molecule has 0 radical (unpaired) electrons. The van der Waals surface area contributed by atoms with Crippen molar-refractivity contribution >= 4 is 27.6 Å². The van der Waals surface area contributed by atoms with E-state index in [2.05, 4.69) is 112 Å². The van der Waals surface area contributed by atoms with Crippen LogP contribution in [-0.2, 0) is 18.3 Å². The second-order valence-corrected chi connectivity index (χ2v) is 11.3. The molecule has 2 heteroatoms. The molecule has 36 heavy (non-hydrogen) atoms. The monoisotopic (exact) mass is 477 g/mol. The van der Waals surface area contributed by atoms with Gasteiger partial charge >= 0.3 is 0 Å². The van der Waals surface area contributed by atoms with Crippen LogP contribution in [0.5, 0.6) is 0 Å². The smallest absolute Gasteiger partial charge is 0.159 e. The van der Waals surface area contributed by atoms with Crippen LogP contribution in [0.4, 0.5) is 5.69 Å². The van der Waals surface area contributed by atoms with E-state index in [1.54, 1.807) is 11.1 Å². The molecule has 0 bridgehead atoms. The first-order valence-electron chi connectivity index (χ1n) is 13.9. The SMILES string of the molecule is C/C=C\N(c1c(CCC)ccc2c1oc1ccccc12)C(C)C1(CC)CC12c1ccccc1CC2C. The number of hydrogen-bond donors (Lipinski definition) is 0. The molecule has 1 aromatic heterocycles. The molecule has 6 rings (SSSR count). The highest BCUT2D eigenvalue weighted by Crippen LogP contribution is 2.75. The topological polar surface area (TPSA) is 16.4 Å². The maximum atomic E-state index is 6.63. The van der Waals surface area contributed by atoms with Crippen LogP contribution >= 0.6 is 0 Å². The summed E-state index contributed by atoms with van der Waals surface area (Å²) in [5, 5.41) is 2.43. The Kier molecular flexibility index (Phi) is 5.55. The van der Waals surface area contributed by atoms with Gasteiger partial charge in [0.05, 0.1) is 5.69 Å². The Bertz CT molecular complexity index is 1460. The van der Waals surface area contributed by atoms with Crippen molar-refractivity contribution < 1.29 is 4.42 Å². The fourth-order valence-corrected chi connectivity index (χ4v) is 8.03. The lowest BCUT2D eigenvalue weighted by molar-refractivity contribution is 0.292. The number of benzene rings is 3. The molecule has 2 aliphatic carbocycles. The maximum Gasteiger partial charge on any atom is 0.159 e. The molecule has 1 spiro atoms. The second kappa shape index (κ2) is 8.54. The van der Waals surface area contributed by atoms with Gasteiger partial charge in [-0.05, 0) is 68.2 Å². The summed E-state index contributed by atoms with van der Waals surface area (Å²) in [7, 11) is 0. The molecular formula is C34H39NO. The van der Waals surface area contributed by atoms with Crippen LogP contribution in [0.25, 0.3) is 21.9 Å². The summed E-state index contributed by atoms with van der Waals surface area (Å²) in [5.41, 5.74) is 8.34. The van der Waals surface area contributed by atoms with Crippen LogP contribution in [0.15, 0.2) is 77.4 Å². The molecule has 4 unspecified atom stereocenters. The molecule has 3 aromatic carbocycles. The third kappa shape index (κ3) is 3.03. The summed E-state index contributed by atoms with van der Waals surface area (Å²) in [6, 6.07) is 22.7. The minimum absolute atomic E-state index is 0.232. The molecule has 186 valence electrons. The average molecular weight is 478 g/mol. The first-order chi connectivity index (χ1) is 17.5. The van der Waals surface area contributed by atoms with E-state index in [1.807, 2.05) is 0 Å². The number of allylic oxidation sites excluding steroid dienone is 1. The van der Waals surface area contributed by atoms with Crippen molar-refractivity contribution in [1.29, 1.82) is 0 Å². The van der Waals surface area contributed by atoms with Crippen LogP contribution in [0, 0.1) is 11.3 Å². The van der Waals surface area contributed by atoms with Crippen LogP contribution in [-0.4, -0.2) is 6.04 Å². The van der Waals surface area contributed by atoms with Gasteiger partial charge in [0.2, 0.25) is 0 Å². The van der Waals surface area contributed by atoms with Gasteiger partial charge in [0, 0.05) is 33.8 Å². The third-order valence-corrected chi connectivity index (χ3v) is 9.76. The predicted octanol–water partition coefficient (Wildman–Crippen LogP) is 9.20. The minimum atomic E-state index is 0.232. The van der Waals surface area contributed by atoms with Gasteiger partial charge < -0.3 is 9.32 Å². The summed E-state index contributed by atoms with van der Waals surface area (Å²) >= 11 is 0. The van der Waals surface area contributed by atoms with Crippen molar-refractivity contribution in [2.45, 2.75) is 78.2 Å². The largest absolute Gasteiger partial charge is 0.454 e. The van der Waals surface area contributed by atoms with Gasteiger partial charge in [-0.15, -0.1) is 0 Å². The summed E-state index contributed by atoms with van der Waals surface area (Å²) in [6.45, 7) is 11.8. The van der Waals surface area contributed by atoms with Crippen LogP contribution in [0.1, 0.15) is 70.6 Å². The highest BCUT2D eigenvalue weighted by atomic mass is 16.3. The van der Waals surface area contributed by atoms with Crippen LogP contribution in [0.3, 0.4) is 0 Å². The summed E-state index contributed by atoms with van der Waals surface area (Å²) in [4.78, 5) is 2.58. The molecule has 0 aliphatic heterocycles. The number of anilines is 1. The van der Waals surface area contributed by atoms with E-state index in [-0.39, 0.29) is 10.8 Å². The number of fused-ring (bicyclic) bond motifs is 5. The minimum Gasteiger partial charge on any atom is -0.454 e. The zero-order chi connectivity index (χ0) is 25.1. The standard InChI is InChI=1S/C34H39NO/c1-6-13-25-18-19-28-27-15-10-12-17-30(27)36-32(28)31(25)35(20-7-2)24(5)33(8-3)22-34(33)23(4)21-26-14-9-11-16-29(26)34/h7,9-12,14-20,23-24H,6,8,13,21-22H2,1-5H3/b20-7-. The van der Waals surface area contributed by atoms with Gasteiger partial charge in [-0.25, -0.2) is 0 Å². The van der Waals surface area contributed by atoms with Crippen molar-refractivity contribution in [1.82, 2.24) is 0 Å². The lowest BCUT2D eigenvalue weighted by Crippen LogP contribution is -2.41. The van der Waals surface area contributed by atoms with Crippen molar-refractivity contribution in [3.05, 3.63) is 89.6 Å². The van der Waals surface area contributed by atoms with Crippen molar-refractivity contribution in [3.63, 3.8) is 0 Å². The van der Waals surface area contributed by atoms with E-state index in [9.17, 15) is 0 Å². The van der Waals surface area contributed by atoms with Crippen LogP contribution in [0.2, 0.25) is 0 Å². The summed E-state index contributed by atoms with van der Waals surface area (Å²) < 4.78 is 6.63. The average Bonchev–Trinajstić information content (AvgIpc) is 3.34. The fourth-order valence-electron chi connectivity index (χ4n) is 8.03. The Balaban J connectivity index is 1.54. The Morgan fingerprint density at radius 1 is 1.03 bits per heavy atom. The van der Waals surface area contributed by atoms with E-state index in [0.29, 0.717) is 12.0 Å². The van der Waals surface area contributed by atoms with Crippen molar-refractivity contribution in [3.8, 4) is 0 Å². The molecule has 1 heterocycles. The highest BCUT2D eigenvalue weighted by Gasteiger charge is 2.73. The Morgan fingerprint density at radius 2 is 1.81 bits per heavy atom. The molecule has 0 N–H and O–H groups in total. The van der Waals surface area contributed by atoms with Gasteiger partial charge in [-0.1, -0.05) is 87.9 Å². The first kappa shape index (κ1) is 23.4. The van der Waals surface area contributed by atoms with Gasteiger partial charge in [-0.3, -0.25) is 0 Å². The number of nitrogens with zero attached hydrogens (tertiary/aromatic N) is 1. The summed E-state index contributed by atoms with van der Waals surface area (Å²) in [5.74, 6) is 0.668. The number of hydrogen-bond acceptors (Lipinski definition) is 2. The van der Waals surface area contributed by atoms with E-state index >= 15 is 0 Å². The lowest BCUT2D eigenvalue weighted by Gasteiger charge is -2.39. The fraction of sp³-hybridized carbons (Fsp3) is 0.412. The second-order valence-electron chi connectivity index (χ2n) is 11.3. The first-order valence-corrected chi connectivity index (χ1v) is 13.9. The van der Waals surface area contributed by atoms with Gasteiger partial charge in [0.15, 0.2) is 5.58 Å².